The number of ether oxygens (including phenoxy) is 1. The van der Waals surface area contributed by atoms with E-state index < -0.39 is 5.54 Å². The molecule has 2 unspecified atom stereocenters. The van der Waals surface area contributed by atoms with Crippen LogP contribution in [0.15, 0.2) is 0 Å². The average molecular weight is 285 g/mol. The second-order valence-electron chi connectivity index (χ2n) is 6.02. The number of carbonyl (C=O) groups is 2. The fraction of sp³-hybridized carbons (Fsp3) is 0.857. The zero-order valence-corrected chi connectivity index (χ0v) is 12.7. The molecule has 0 spiro atoms. The number of unbranched alkanes of at least 4 members (excludes halogenated alkanes) is 1. The number of carbonyl (C=O) groups excluding carboxylic acids is 2. The van der Waals surface area contributed by atoms with E-state index in [0.29, 0.717) is 32.4 Å². The minimum absolute atomic E-state index is 0.0260. The van der Waals surface area contributed by atoms with E-state index in [-0.39, 0.29) is 23.3 Å². The summed E-state index contributed by atoms with van der Waals surface area (Å²) in [6.07, 6.45) is 2.32. The van der Waals surface area contributed by atoms with Gasteiger partial charge in [0.1, 0.15) is 5.54 Å². The standard InChI is InChI=1S/C14H27N3O3/c1-4-20-10-9-14(16,13(10,2)3)12(19)17-8-6-5-7-11(15)18/h10H,4-9,16H2,1-3H3,(H2,15,18)(H,17,19). The van der Waals surface area contributed by atoms with E-state index in [0.717, 1.165) is 6.42 Å². The Kier molecular flexibility index (Phi) is 5.53. The lowest BCUT2D eigenvalue weighted by atomic mass is 9.54. The summed E-state index contributed by atoms with van der Waals surface area (Å²) in [5.74, 6) is -0.455. The Balaban J connectivity index is 2.38. The van der Waals surface area contributed by atoms with Crippen LogP contribution < -0.4 is 16.8 Å². The van der Waals surface area contributed by atoms with Gasteiger partial charge in [0.2, 0.25) is 11.8 Å². The van der Waals surface area contributed by atoms with Crippen LogP contribution in [0.1, 0.15) is 46.5 Å². The van der Waals surface area contributed by atoms with Crippen molar-refractivity contribution >= 4 is 11.8 Å². The van der Waals surface area contributed by atoms with Crippen molar-refractivity contribution in [1.29, 1.82) is 0 Å². The first-order valence-electron chi connectivity index (χ1n) is 7.22. The van der Waals surface area contributed by atoms with E-state index in [2.05, 4.69) is 5.32 Å². The van der Waals surface area contributed by atoms with Crippen molar-refractivity contribution in [1.82, 2.24) is 5.32 Å². The highest BCUT2D eigenvalue weighted by atomic mass is 16.5. The predicted molar refractivity (Wildman–Crippen MR) is 76.8 cm³/mol. The van der Waals surface area contributed by atoms with E-state index in [4.69, 9.17) is 16.2 Å². The smallest absolute Gasteiger partial charge is 0.240 e. The predicted octanol–water partition coefficient (Wildman–Crippen LogP) is 0.291. The summed E-state index contributed by atoms with van der Waals surface area (Å²) < 4.78 is 5.60. The highest BCUT2D eigenvalue weighted by Crippen LogP contribution is 2.49. The molecule has 116 valence electrons. The highest BCUT2D eigenvalue weighted by Gasteiger charge is 2.62. The second-order valence-corrected chi connectivity index (χ2v) is 6.02. The number of hydrogen-bond donors (Lipinski definition) is 3. The molecule has 2 amide bonds. The topological polar surface area (TPSA) is 107 Å². The Morgan fingerprint density at radius 2 is 2.00 bits per heavy atom. The SMILES string of the molecule is CCOC1CC(N)(C(=O)NCCCCC(N)=O)C1(C)C. The van der Waals surface area contributed by atoms with Gasteiger partial charge >= 0.3 is 0 Å². The van der Waals surface area contributed by atoms with Gasteiger partial charge in [-0.25, -0.2) is 0 Å². The Morgan fingerprint density at radius 1 is 1.35 bits per heavy atom. The van der Waals surface area contributed by atoms with Crippen LogP contribution in [0.2, 0.25) is 0 Å². The summed E-state index contributed by atoms with van der Waals surface area (Å²) in [5, 5.41) is 2.85. The third kappa shape index (κ3) is 3.30. The number of nitrogens with two attached hydrogens (primary N) is 2. The lowest BCUT2D eigenvalue weighted by molar-refractivity contribution is -0.170. The Bertz CT molecular complexity index is 371. The van der Waals surface area contributed by atoms with Crippen LogP contribution in [0.5, 0.6) is 0 Å². The van der Waals surface area contributed by atoms with Gasteiger partial charge in [0.25, 0.3) is 0 Å². The molecule has 20 heavy (non-hydrogen) atoms. The first-order chi connectivity index (χ1) is 9.25. The lowest BCUT2D eigenvalue weighted by Gasteiger charge is -2.57. The van der Waals surface area contributed by atoms with E-state index in [9.17, 15) is 9.59 Å². The molecule has 0 aliphatic heterocycles. The zero-order valence-electron chi connectivity index (χ0n) is 12.7. The summed E-state index contributed by atoms with van der Waals surface area (Å²) in [7, 11) is 0. The fourth-order valence-corrected chi connectivity index (χ4v) is 2.60. The molecule has 2 atom stereocenters. The molecule has 0 bridgehead atoms. The third-order valence-corrected chi connectivity index (χ3v) is 4.37. The van der Waals surface area contributed by atoms with Gasteiger partial charge in [-0.1, -0.05) is 13.8 Å². The van der Waals surface area contributed by atoms with Crippen LogP contribution in [-0.2, 0) is 14.3 Å². The molecule has 0 aromatic heterocycles. The molecule has 6 nitrogen and oxygen atoms in total. The van der Waals surface area contributed by atoms with Crippen LogP contribution in [0.3, 0.4) is 0 Å². The van der Waals surface area contributed by atoms with Crippen molar-refractivity contribution in [3.8, 4) is 0 Å². The van der Waals surface area contributed by atoms with Crippen molar-refractivity contribution in [2.24, 2.45) is 16.9 Å². The van der Waals surface area contributed by atoms with E-state index in [1.807, 2.05) is 20.8 Å². The molecule has 1 rings (SSSR count). The number of hydrogen-bond acceptors (Lipinski definition) is 4. The summed E-state index contributed by atoms with van der Waals surface area (Å²) >= 11 is 0. The number of nitrogens with one attached hydrogen (secondary N) is 1. The first-order valence-corrected chi connectivity index (χ1v) is 7.22. The third-order valence-electron chi connectivity index (χ3n) is 4.37. The molecule has 6 heteroatoms. The maximum Gasteiger partial charge on any atom is 0.240 e. The highest BCUT2D eigenvalue weighted by molar-refractivity contribution is 5.88. The average Bonchev–Trinajstić information content (AvgIpc) is 2.37. The van der Waals surface area contributed by atoms with Crippen LogP contribution in [0, 0.1) is 5.41 Å². The van der Waals surface area contributed by atoms with Crippen LogP contribution in [-0.4, -0.2) is 36.6 Å². The Hall–Kier alpha value is -1.14. The Labute approximate surface area is 120 Å². The summed E-state index contributed by atoms with van der Waals surface area (Å²) in [4.78, 5) is 22.8. The molecule has 1 fully saturated rings. The van der Waals surface area contributed by atoms with Gasteiger partial charge in [0.05, 0.1) is 6.10 Å². The van der Waals surface area contributed by atoms with Gasteiger partial charge in [-0.3, -0.25) is 9.59 Å². The van der Waals surface area contributed by atoms with Crippen molar-refractivity contribution in [3.63, 3.8) is 0 Å². The van der Waals surface area contributed by atoms with E-state index in [1.165, 1.54) is 0 Å². The molecule has 0 heterocycles. The van der Waals surface area contributed by atoms with Gasteiger partial charge in [0, 0.05) is 31.4 Å². The van der Waals surface area contributed by atoms with E-state index >= 15 is 0 Å². The largest absolute Gasteiger partial charge is 0.378 e. The number of rotatable bonds is 8. The van der Waals surface area contributed by atoms with Gasteiger partial charge in [-0.05, 0) is 19.8 Å². The quantitative estimate of drug-likeness (QED) is 0.557. The molecule has 0 aromatic carbocycles. The summed E-state index contributed by atoms with van der Waals surface area (Å²) in [5.41, 5.74) is 10.0. The van der Waals surface area contributed by atoms with Gasteiger partial charge in [-0.15, -0.1) is 0 Å². The van der Waals surface area contributed by atoms with Crippen LogP contribution in [0.4, 0.5) is 0 Å². The van der Waals surface area contributed by atoms with Crippen LogP contribution in [0.25, 0.3) is 0 Å². The molecule has 1 saturated carbocycles. The lowest BCUT2D eigenvalue weighted by Crippen LogP contribution is -2.75. The molecule has 1 aliphatic carbocycles. The van der Waals surface area contributed by atoms with Gasteiger partial charge in [0.15, 0.2) is 0 Å². The molecular weight excluding hydrogens is 258 g/mol. The minimum atomic E-state index is -0.878. The fourth-order valence-electron chi connectivity index (χ4n) is 2.60. The molecule has 0 radical (unpaired) electrons. The maximum atomic E-state index is 12.2. The molecule has 5 N–H and O–H groups in total. The summed E-state index contributed by atoms with van der Waals surface area (Å²) in [6, 6.07) is 0. The second kappa shape index (κ2) is 6.54. The first kappa shape index (κ1) is 16.9. The van der Waals surface area contributed by atoms with Crippen molar-refractivity contribution in [2.75, 3.05) is 13.2 Å². The van der Waals surface area contributed by atoms with Crippen molar-refractivity contribution < 1.29 is 14.3 Å². The minimum Gasteiger partial charge on any atom is -0.378 e. The van der Waals surface area contributed by atoms with Crippen molar-refractivity contribution in [2.45, 2.75) is 58.1 Å². The normalized spacial score (nSPS) is 27.7. The zero-order chi connectivity index (χ0) is 15.4. The van der Waals surface area contributed by atoms with E-state index in [1.54, 1.807) is 0 Å². The molecular formula is C14H27N3O3. The molecule has 0 aromatic rings. The summed E-state index contributed by atoms with van der Waals surface area (Å²) in [6.45, 7) is 7.00. The van der Waals surface area contributed by atoms with Gasteiger partial charge < -0.3 is 21.5 Å². The van der Waals surface area contributed by atoms with Crippen LogP contribution >= 0.6 is 0 Å². The number of amides is 2. The van der Waals surface area contributed by atoms with Crippen molar-refractivity contribution in [3.05, 3.63) is 0 Å². The molecule has 1 aliphatic rings. The monoisotopic (exact) mass is 285 g/mol. The number of primary amides is 1. The maximum absolute atomic E-state index is 12.2. The molecule has 0 saturated heterocycles. The Morgan fingerprint density at radius 3 is 2.50 bits per heavy atom. The van der Waals surface area contributed by atoms with Gasteiger partial charge in [-0.2, -0.15) is 0 Å².